The van der Waals surface area contributed by atoms with Crippen molar-refractivity contribution in [1.82, 2.24) is 28.9 Å². The number of methoxy groups -OCH3 is 1. The largest absolute Gasteiger partial charge is 0.378 e. The zero-order valence-electron chi connectivity index (χ0n) is 25.7. The van der Waals surface area contributed by atoms with Crippen LogP contribution in [0.1, 0.15) is 60.8 Å². The van der Waals surface area contributed by atoms with Crippen molar-refractivity contribution in [3.8, 4) is 5.69 Å². The molecule has 0 saturated heterocycles. The van der Waals surface area contributed by atoms with Gasteiger partial charge in [-0.1, -0.05) is 17.2 Å². The molecule has 0 amide bonds. The Bertz CT molecular complexity index is 1970. The van der Waals surface area contributed by atoms with Gasteiger partial charge < -0.3 is 4.74 Å². The van der Waals surface area contributed by atoms with Gasteiger partial charge in [-0.05, 0) is 99.6 Å². The van der Waals surface area contributed by atoms with Crippen LogP contribution >= 0.6 is 11.6 Å². The predicted octanol–water partition coefficient (Wildman–Crippen LogP) is 5.41. The lowest BCUT2D eigenvalue weighted by Crippen LogP contribution is -2.61. The van der Waals surface area contributed by atoms with E-state index in [9.17, 15) is 17.6 Å². The minimum atomic E-state index is -4.02. The number of carbonyl (C=O) groups excluding carboxylic acids is 1. The second-order valence-corrected chi connectivity index (χ2v) is 15.1. The van der Waals surface area contributed by atoms with E-state index >= 15 is 0 Å². The molecule has 3 heterocycles. The molecule has 13 heteroatoms. The first kappa shape index (κ1) is 30.9. The lowest BCUT2D eigenvalue weighted by atomic mass is 9.60. The molecule has 0 bridgehead atoms. The number of aryl methyl sites for hydroxylation is 1. The molecule has 2 fully saturated rings. The number of nitrogens with zero attached hydrogens (tertiary/aromatic N) is 6. The number of rotatable bonds is 8. The lowest BCUT2D eigenvalue weighted by Gasteiger charge is -2.53. The number of aromatic nitrogens is 5. The monoisotopic (exact) mass is 664 g/mol. The van der Waals surface area contributed by atoms with Crippen molar-refractivity contribution in [1.29, 1.82) is 0 Å². The van der Waals surface area contributed by atoms with Crippen molar-refractivity contribution < 1.29 is 22.3 Å². The standard InChI is InChI=1S/C33H34ClFN6O4S/c1-32(45-3)17-27(18-32)41(46(43,44)30-11-13-39(2)38-30)26-7-4-22-14-29-21(20-37-40(29)25-8-5-24(35)6-9-25)16-33(22,19-26)31(42)28-15-23(34)10-12-36-28/h5-6,8-15,20,26-27H,4,7,16-19H2,1-3H3/t26-,27-,32+,33-/m0/s1. The number of Topliss-reactive ketones (excluding diaryl/α,β-unsaturated/α-hetero) is 1. The molecule has 2 atom stereocenters. The van der Waals surface area contributed by atoms with Gasteiger partial charge in [0.1, 0.15) is 11.5 Å². The molecule has 46 heavy (non-hydrogen) atoms. The van der Waals surface area contributed by atoms with Gasteiger partial charge in [-0.15, -0.1) is 0 Å². The van der Waals surface area contributed by atoms with Crippen LogP contribution in [-0.4, -0.2) is 67.8 Å². The third-order valence-electron chi connectivity index (χ3n) is 9.87. The highest BCUT2D eigenvalue weighted by Gasteiger charge is 2.55. The van der Waals surface area contributed by atoms with Crippen LogP contribution in [0.5, 0.6) is 0 Å². The van der Waals surface area contributed by atoms with Crippen LogP contribution in [0, 0.1) is 11.2 Å². The zero-order valence-corrected chi connectivity index (χ0v) is 27.3. The summed E-state index contributed by atoms with van der Waals surface area (Å²) in [7, 11) is -0.699. The molecule has 1 aromatic carbocycles. The number of benzene rings is 1. The van der Waals surface area contributed by atoms with Crippen LogP contribution in [-0.2, 0) is 28.2 Å². The summed E-state index contributed by atoms with van der Waals surface area (Å²) in [5.41, 5.74) is 1.93. The molecule has 3 aromatic heterocycles. The molecule has 0 aliphatic heterocycles. The molecule has 0 N–H and O–H groups in total. The summed E-state index contributed by atoms with van der Waals surface area (Å²) in [6.07, 6.45) is 9.45. The normalized spacial score (nSPS) is 25.8. The summed E-state index contributed by atoms with van der Waals surface area (Å²) in [6.45, 7) is 1.98. The van der Waals surface area contributed by atoms with Crippen LogP contribution in [0.15, 0.2) is 71.7 Å². The highest BCUT2D eigenvalue weighted by Crippen LogP contribution is 2.53. The minimum Gasteiger partial charge on any atom is -0.378 e. The Kier molecular flexibility index (Phi) is 7.54. The van der Waals surface area contributed by atoms with Crippen LogP contribution < -0.4 is 0 Å². The summed E-state index contributed by atoms with van der Waals surface area (Å²) >= 11 is 6.33. The Balaban J connectivity index is 1.33. The van der Waals surface area contributed by atoms with E-state index in [1.54, 1.807) is 59.8 Å². The van der Waals surface area contributed by atoms with E-state index in [4.69, 9.17) is 16.3 Å². The molecule has 10 nitrogen and oxygen atoms in total. The van der Waals surface area contributed by atoms with Crippen LogP contribution in [0.25, 0.3) is 11.8 Å². The van der Waals surface area contributed by atoms with Gasteiger partial charge in [0.2, 0.25) is 0 Å². The first-order chi connectivity index (χ1) is 21.9. The second kappa shape index (κ2) is 11.2. The summed E-state index contributed by atoms with van der Waals surface area (Å²) in [4.78, 5) is 19.1. The SMILES string of the molecule is CO[C@]1(C)C[C@H](N([C@H]2CCC3=Cc4c(cnn4-c4ccc(F)cc4)C[C@]3(C(=O)c3cc(Cl)ccn3)C2)S(=O)(=O)c2ccn(C)n2)C1. The van der Waals surface area contributed by atoms with Crippen molar-refractivity contribution >= 4 is 33.5 Å². The Morgan fingerprint density at radius 1 is 1.13 bits per heavy atom. The lowest BCUT2D eigenvalue weighted by molar-refractivity contribution is -0.0976. The minimum absolute atomic E-state index is 0.0225. The van der Waals surface area contributed by atoms with Crippen LogP contribution in [0.2, 0.25) is 5.02 Å². The van der Waals surface area contributed by atoms with E-state index in [0.29, 0.717) is 42.8 Å². The molecule has 7 rings (SSSR count). The van der Waals surface area contributed by atoms with Crippen molar-refractivity contribution in [2.45, 2.75) is 68.2 Å². The van der Waals surface area contributed by atoms with Gasteiger partial charge in [0.15, 0.2) is 10.8 Å². The third-order valence-corrected chi connectivity index (χ3v) is 12.0. The fourth-order valence-electron chi connectivity index (χ4n) is 7.48. The van der Waals surface area contributed by atoms with Crippen LogP contribution in [0.4, 0.5) is 4.39 Å². The van der Waals surface area contributed by atoms with Crippen molar-refractivity contribution in [3.63, 3.8) is 0 Å². The van der Waals surface area contributed by atoms with E-state index in [-0.39, 0.29) is 34.8 Å². The van der Waals surface area contributed by atoms with E-state index < -0.39 is 27.1 Å². The van der Waals surface area contributed by atoms with Gasteiger partial charge in [-0.3, -0.25) is 14.5 Å². The molecular weight excluding hydrogens is 631 g/mol. The number of ether oxygens (including phenoxy) is 1. The fraction of sp³-hybridized carbons (Fsp3) is 0.394. The number of hydrogen-bond acceptors (Lipinski definition) is 7. The summed E-state index contributed by atoms with van der Waals surface area (Å²) in [5, 5.41) is 9.25. The maximum absolute atomic E-state index is 14.7. The van der Waals surface area contributed by atoms with Crippen molar-refractivity contribution in [2.75, 3.05) is 7.11 Å². The molecule has 2 saturated carbocycles. The maximum atomic E-state index is 14.7. The Labute approximate surface area is 271 Å². The van der Waals surface area contributed by atoms with Gasteiger partial charge in [-0.25, -0.2) is 17.5 Å². The second-order valence-electron chi connectivity index (χ2n) is 12.8. The molecular formula is C33H34ClFN6O4S. The number of carbonyl (C=O) groups is 1. The molecule has 240 valence electrons. The molecule has 0 unspecified atom stereocenters. The predicted molar refractivity (Wildman–Crippen MR) is 170 cm³/mol. The highest BCUT2D eigenvalue weighted by molar-refractivity contribution is 7.89. The van der Waals surface area contributed by atoms with Gasteiger partial charge in [-0.2, -0.15) is 14.5 Å². The first-order valence-corrected chi connectivity index (χ1v) is 17.0. The number of allylic oxidation sites excluding steroid dienone is 1. The third kappa shape index (κ3) is 5.11. The van der Waals surface area contributed by atoms with E-state index in [0.717, 1.165) is 16.8 Å². The van der Waals surface area contributed by atoms with Gasteiger partial charge in [0.25, 0.3) is 10.0 Å². The van der Waals surface area contributed by atoms with Gasteiger partial charge in [0, 0.05) is 43.7 Å². The number of ketones is 1. The van der Waals surface area contributed by atoms with Gasteiger partial charge >= 0.3 is 0 Å². The van der Waals surface area contributed by atoms with Crippen molar-refractivity contribution in [2.24, 2.45) is 12.5 Å². The highest BCUT2D eigenvalue weighted by atomic mass is 35.5. The smallest absolute Gasteiger partial charge is 0.262 e. The van der Waals surface area contributed by atoms with Crippen molar-refractivity contribution in [3.05, 3.63) is 94.4 Å². The quantitative estimate of drug-likeness (QED) is 0.232. The topological polar surface area (TPSA) is 112 Å². The van der Waals surface area contributed by atoms with E-state index in [2.05, 4.69) is 15.2 Å². The maximum Gasteiger partial charge on any atom is 0.262 e. The molecule has 4 aromatic rings. The van der Waals surface area contributed by atoms with Crippen LogP contribution in [0.3, 0.4) is 0 Å². The number of hydrogen-bond donors (Lipinski definition) is 0. The summed E-state index contributed by atoms with van der Waals surface area (Å²) < 4.78 is 52.9. The average molecular weight is 665 g/mol. The molecule has 3 aliphatic rings. The van der Waals surface area contributed by atoms with Gasteiger partial charge in [0.05, 0.1) is 28.6 Å². The Hall–Kier alpha value is -3.71. The number of halogens is 2. The molecule has 0 spiro atoms. The molecule has 0 radical (unpaired) electrons. The fourth-order valence-corrected chi connectivity index (χ4v) is 9.43. The summed E-state index contributed by atoms with van der Waals surface area (Å²) in [6, 6.07) is 9.97. The molecule has 3 aliphatic carbocycles. The Morgan fingerprint density at radius 3 is 2.57 bits per heavy atom. The summed E-state index contributed by atoms with van der Waals surface area (Å²) in [5.74, 6) is -0.556. The van der Waals surface area contributed by atoms with E-state index in [1.807, 2.05) is 13.0 Å². The average Bonchev–Trinajstić information content (AvgIpc) is 3.65. The van der Waals surface area contributed by atoms with E-state index in [1.165, 1.54) is 29.1 Å². The number of fused-ring (bicyclic) bond motifs is 2. The number of sulfonamides is 1. The zero-order chi connectivity index (χ0) is 32.4. The first-order valence-electron chi connectivity index (χ1n) is 15.2. The number of pyridine rings is 1. The Morgan fingerprint density at radius 2 is 1.89 bits per heavy atom.